The lowest BCUT2D eigenvalue weighted by Gasteiger charge is -2.11. The molecule has 0 saturated carbocycles. The number of aryl methyl sites for hydroxylation is 1. The summed E-state index contributed by atoms with van der Waals surface area (Å²) >= 11 is 0. The highest BCUT2D eigenvalue weighted by atomic mass is 19.1. The number of halogens is 1. The molecule has 2 N–H and O–H groups in total. The van der Waals surface area contributed by atoms with Gasteiger partial charge in [-0.2, -0.15) is 0 Å². The van der Waals surface area contributed by atoms with Gasteiger partial charge in [0.1, 0.15) is 11.6 Å². The van der Waals surface area contributed by atoms with Crippen LogP contribution in [0.5, 0.6) is 5.75 Å². The number of nitrogens with zero attached hydrogens (tertiary/aromatic N) is 1. The molecule has 0 radical (unpaired) electrons. The molecule has 0 aliphatic rings. The highest BCUT2D eigenvalue weighted by Crippen LogP contribution is 2.28. The highest BCUT2D eigenvalue weighted by molar-refractivity contribution is 5.95. The summed E-state index contributed by atoms with van der Waals surface area (Å²) in [4.78, 5) is 22.2. The van der Waals surface area contributed by atoms with Crippen LogP contribution >= 0.6 is 0 Å². The van der Waals surface area contributed by atoms with Crippen molar-refractivity contribution in [1.82, 2.24) is 0 Å². The molecule has 2 rings (SSSR count). The topological polar surface area (TPSA) is 93.5 Å². The minimum atomic E-state index is -0.574. The number of nitro groups is 1. The molecule has 126 valence electrons. The smallest absolute Gasteiger partial charge is 0.271 e. The van der Waals surface area contributed by atoms with Crippen molar-refractivity contribution in [2.75, 3.05) is 24.3 Å². The first-order valence-corrected chi connectivity index (χ1v) is 7.03. The average Bonchev–Trinajstić information content (AvgIpc) is 2.53. The SMILES string of the molecule is COc1ccc([N+](=O)[O-])cc1NC(=O)CNc1ccc(C)cc1F. The number of carbonyl (C=O) groups is 1. The summed E-state index contributed by atoms with van der Waals surface area (Å²) < 4.78 is 18.8. The Morgan fingerprint density at radius 3 is 2.62 bits per heavy atom. The van der Waals surface area contributed by atoms with Crippen LogP contribution in [0.15, 0.2) is 36.4 Å². The number of nitro benzene ring substituents is 1. The van der Waals surface area contributed by atoms with Crippen molar-refractivity contribution in [2.45, 2.75) is 6.92 Å². The maximum atomic E-state index is 13.7. The van der Waals surface area contributed by atoms with Crippen LogP contribution in [-0.2, 0) is 4.79 Å². The molecule has 0 aliphatic carbocycles. The quantitative estimate of drug-likeness (QED) is 0.626. The van der Waals surface area contributed by atoms with Gasteiger partial charge in [0.2, 0.25) is 5.91 Å². The fourth-order valence-corrected chi connectivity index (χ4v) is 2.04. The predicted octanol–water partition coefficient (Wildman–Crippen LogP) is 3.10. The van der Waals surface area contributed by atoms with Crippen LogP contribution in [0.4, 0.5) is 21.5 Å². The molecule has 8 heteroatoms. The molecule has 7 nitrogen and oxygen atoms in total. The molecule has 0 aromatic heterocycles. The lowest BCUT2D eigenvalue weighted by molar-refractivity contribution is -0.384. The fraction of sp³-hybridized carbons (Fsp3) is 0.188. The Morgan fingerprint density at radius 1 is 1.25 bits per heavy atom. The molecule has 0 bridgehead atoms. The van der Waals surface area contributed by atoms with Gasteiger partial charge < -0.3 is 15.4 Å². The van der Waals surface area contributed by atoms with Crippen LogP contribution in [0.3, 0.4) is 0 Å². The number of nitrogens with one attached hydrogen (secondary N) is 2. The first-order valence-electron chi connectivity index (χ1n) is 7.03. The van der Waals surface area contributed by atoms with E-state index in [1.54, 1.807) is 13.0 Å². The Labute approximate surface area is 137 Å². The van der Waals surface area contributed by atoms with Gasteiger partial charge in [-0.15, -0.1) is 0 Å². The van der Waals surface area contributed by atoms with Gasteiger partial charge in [-0.05, 0) is 30.7 Å². The van der Waals surface area contributed by atoms with E-state index in [1.165, 1.54) is 37.4 Å². The van der Waals surface area contributed by atoms with Crippen molar-refractivity contribution in [3.63, 3.8) is 0 Å². The molecule has 2 aromatic rings. The van der Waals surface area contributed by atoms with Crippen molar-refractivity contribution < 1.29 is 18.8 Å². The molecule has 0 spiro atoms. The number of anilines is 2. The molecular weight excluding hydrogens is 317 g/mol. The van der Waals surface area contributed by atoms with Gasteiger partial charge in [0, 0.05) is 12.1 Å². The van der Waals surface area contributed by atoms with E-state index < -0.39 is 16.6 Å². The number of amides is 1. The van der Waals surface area contributed by atoms with Crippen LogP contribution in [0, 0.1) is 22.9 Å². The maximum Gasteiger partial charge on any atom is 0.271 e. The number of methoxy groups -OCH3 is 1. The van der Waals surface area contributed by atoms with Crippen molar-refractivity contribution in [2.24, 2.45) is 0 Å². The zero-order valence-corrected chi connectivity index (χ0v) is 13.1. The second-order valence-electron chi connectivity index (χ2n) is 5.03. The monoisotopic (exact) mass is 333 g/mol. The van der Waals surface area contributed by atoms with Gasteiger partial charge >= 0.3 is 0 Å². The van der Waals surface area contributed by atoms with Crippen molar-refractivity contribution in [3.05, 3.63) is 57.9 Å². The van der Waals surface area contributed by atoms with Crippen LogP contribution < -0.4 is 15.4 Å². The van der Waals surface area contributed by atoms with Crippen LogP contribution in [-0.4, -0.2) is 24.5 Å². The van der Waals surface area contributed by atoms with Crippen molar-refractivity contribution >= 4 is 23.0 Å². The van der Waals surface area contributed by atoms with E-state index >= 15 is 0 Å². The maximum absolute atomic E-state index is 13.7. The second kappa shape index (κ2) is 7.40. The van der Waals surface area contributed by atoms with Gasteiger partial charge in [0.25, 0.3) is 5.69 Å². The van der Waals surface area contributed by atoms with Crippen LogP contribution in [0.25, 0.3) is 0 Å². The van der Waals surface area contributed by atoms with Crippen LogP contribution in [0.1, 0.15) is 5.56 Å². The molecular formula is C16H16FN3O4. The lowest BCUT2D eigenvalue weighted by Crippen LogP contribution is -2.22. The van der Waals surface area contributed by atoms with E-state index in [9.17, 15) is 19.3 Å². The van der Waals surface area contributed by atoms with E-state index in [0.717, 1.165) is 5.56 Å². The van der Waals surface area contributed by atoms with E-state index in [2.05, 4.69) is 10.6 Å². The Balaban J connectivity index is 2.06. The predicted molar refractivity (Wildman–Crippen MR) is 87.9 cm³/mol. The van der Waals surface area contributed by atoms with Gasteiger partial charge in [0.05, 0.1) is 30.0 Å². The third-order valence-corrected chi connectivity index (χ3v) is 3.23. The largest absolute Gasteiger partial charge is 0.495 e. The second-order valence-corrected chi connectivity index (χ2v) is 5.03. The molecule has 0 aliphatic heterocycles. The lowest BCUT2D eigenvalue weighted by atomic mass is 10.2. The van der Waals surface area contributed by atoms with Gasteiger partial charge in [0.15, 0.2) is 0 Å². The molecule has 0 heterocycles. The third kappa shape index (κ3) is 4.19. The molecule has 1 amide bonds. The number of ether oxygens (including phenoxy) is 1. The Bertz CT molecular complexity index is 780. The Kier molecular flexibility index (Phi) is 5.31. The normalized spacial score (nSPS) is 10.1. The summed E-state index contributed by atoms with van der Waals surface area (Å²) in [6, 6.07) is 8.46. The number of benzene rings is 2. The summed E-state index contributed by atoms with van der Waals surface area (Å²) in [7, 11) is 1.39. The minimum Gasteiger partial charge on any atom is -0.495 e. The summed E-state index contributed by atoms with van der Waals surface area (Å²) in [5.41, 5.74) is 0.956. The van der Waals surface area contributed by atoms with E-state index in [1.807, 2.05) is 0 Å². The molecule has 0 saturated heterocycles. The van der Waals surface area contributed by atoms with Gasteiger partial charge in [-0.25, -0.2) is 4.39 Å². The van der Waals surface area contributed by atoms with Crippen molar-refractivity contribution in [1.29, 1.82) is 0 Å². The summed E-state index contributed by atoms with van der Waals surface area (Å²) in [6.45, 7) is 1.56. The highest BCUT2D eigenvalue weighted by Gasteiger charge is 2.14. The zero-order valence-electron chi connectivity index (χ0n) is 13.1. The summed E-state index contributed by atoms with van der Waals surface area (Å²) in [6.07, 6.45) is 0. The Morgan fingerprint density at radius 2 is 2.00 bits per heavy atom. The molecule has 2 aromatic carbocycles. The van der Waals surface area contributed by atoms with E-state index in [-0.39, 0.29) is 29.4 Å². The zero-order chi connectivity index (χ0) is 17.7. The van der Waals surface area contributed by atoms with Crippen molar-refractivity contribution in [3.8, 4) is 5.75 Å². The molecule has 0 unspecified atom stereocenters. The molecule has 0 atom stereocenters. The minimum absolute atomic E-state index is 0.169. The summed E-state index contributed by atoms with van der Waals surface area (Å²) in [5, 5.41) is 16.0. The number of hydrogen-bond acceptors (Lipinski definition) is 5. The number of rotatable bonds is 6. The van der Waals surface area contributed by atoms with E-state index in [4.69, 9.17) is 4.74 Å². The fourth-order valence-electron chi connectivity index (χ4n) is 2.04. The molecule has 24 heavy (non-hydrogen) atoms. The van der Waals surface area contributed by atoms with E-state index in [0.29, 0.717) is 0 Å². The summed E-state index contributed by atoms with van der Waals surface area (Å²) in [5.74, 6) is -0.667. The molecule has 0 fully saturated rings. The first-order chi connectivity index (χ1) is 11.4. The van der Waals surface area contributed by atoms with Gasteiger partial charge in [-0.3, -0.25) is 14.9 Å². The average molecular weight is 333 g/mol. The number of non-ortho nitro benzene ring substituents is 1. The first kappa shape index (κ1) is 17.2. The van der Waals surface area contributed by atoms with Gasteiger partial charge in [-0.1, -0.05) is 6.07 Å². The van der Waals surface area contributed by atoms with Crippen LogP contribution in [0.2, 0.25) is 0 Å². The number of carbonyl (C=O) groups excluding carboxylic acids is 1. The Hall–Kier alpha value is -3.16. The third-order valence-electron chi connectivity index (χ3n) is 3.23. The number of hydrogen-bond donors (Lipinski definition) is 2. The standard InChI is InChI=1S/C16H16FN3O4/c1-10-3-5-13(12(17)7-10)18-9-16(21)19-14-8-11(20(22)23)4-6-15(14)24-2/h3-8,18H,9H2,1-2H3,(H,19,21).